The van der Waals surface area contributed by atoms with Crippen molar-refractivity contribution < 1.29 is 0 Å². The molecule has 19 heavy (non-hydrogen) atoms. The van der Waals surface area contributed by atoms with E-state index in [0.29, 0.717) is 21.6 Å². The van der Waals surface area contributed by atoms with Crippen molar-refractivity contribution in [3.05, 3.63) is 35.0 Å². The molecule has 0 spiro atoms. The van der Waals surface area contributed by atoms with Crippen LogP contribution in [0.3, 0.4) is 0 Å². The van der Waals surface area contributed by atoms with Gasteiger partial charge in [-0.05, 0) is 11.8 Å². The zero-order valence-electron chi connectivity index (χ0n) is 9.57. The Morgan fingerprint density at radius 3 is 2.89 bits per heavy atom. The fraction of sp³-hybridized carbons (Fsp3) is 0. The first-order valence-corrected chi connectivity index (χ1v) is 6.07. The Bertz CT molecular complexity index is 809. The summed E-state index contributed by atoms with van der Waals surface area (Å²) in [6, 6.07) is 1.21. The second-order valence-corrected chi connectivity index (χ2v) is 4.68. The zero-order chi connectivity index (χ0) is 13.4. The molecule has 9 heteroatoms. The minimum absolute atomic E-state index is 0.148. The third kappa shape index (κ3) is 2.22. The Labute approximate surface area is 110 Å². The highest BCUT2D eigenvalue weighted by molar-refractivity contribution is 7.99. The molecule has 0 saturated carbocycles. The third-order valence-corrected chi connectivity index (χ3v) is 3.15. The highest BCUT2D eigenvalue weighted by Crippen LogP contribution is 2.26. The van der Waals surface area contributed by atoms with Gasteiger partial charge in [0.1, 0.15) is 16.7 Å². The predicted molar refractivity (Wildman–Crippen MR) is 70.8 cm³/mol. The maximum absolute atomic E-state index is 11.3. The van der Waals surface area contributed by atoms with Gasteiger partial charge in [0.25, 0.3) is 5.56 Å². The number of nitrogens with zero attached hydrogens (tertiary/aromatic N) is 4. The summed E-state index contributed by atoms with van der Waals surface area (Å²) in [5.41, 5.74) is 11.5. The molecular weight excluding hydrogens is 266 g/mol. The smallest absolute Gasteiger partial charge is 0.253 e. The van der Waals surface area contributed by atoms with Crippen molar-refractivity contribution in [3.8, 4) is 0 Å². The van der Waals surface area contributed by atoms with Crippen LogP contribution in [0.1, 0.15) is 0 Å². The number of nitrogen functional groups attached to an aromatic ring is 2. The fourth-order valence-electron chi connectivity index (χ4n) is 1.58. The van der Waals surface area contributed by atoms with E-state index in [1.807, 2.05) is 0 Å². The lowest BCUT2D eigenvalue weighted by Gasteiger charge is -2.04. The SMILES string of the molecule is Nc1cc(=O)[nH]c(Sc2nc(N)cn3ccnc23)n1. The van der Waals surface area contributed by atoms with E-state index in [4.69, 9.17) is 11.5 Å². The van der Waals surface area contributed by atoms with E-state index in [2.05, 4.69) is 19.9 Å². The highest BCUT2D eigenvalue weighted by Gasteiger charge is 2.10. The van der Waals surface area contributed by atoms with E-state index in [9.17, 15) is 4.79 Å². The number of aromatic nitrogens is 5. The molecule has 0 saturated heterocycles. The normalized spacial score (nSPS) is 10.9. The molecule has 3 heterocycles. The lowest BCUT2D eigenvalue weighted by molar-refractivity contribution is 0.938. The summed E-state index contributed by atoms with van der Waals surface area (Å²) < 4.78 is 1.75. The topological polar surface area (TPSA) is 128 Å². The molecule has 3 aromatic heterocycles. The summed E-state index contributed by atoms with van der Waals surface area (Å²) in [4.78, 5) is 26.3. The molecular formula is C10H9N7OS. The molecule has 3 rings (SSSR count). The molecule has 3 aromatic rings. The van der Waals surface area contributed by atoms with E-state index < -0.39 is 0 Å². The minimum Gasteiger partial charge on any atom is -0.383 e. The van der Waals surface area contributed by atoms with Crippen LogP contribution in [0.4, 0.5) is 11.6 Å². The van der Waals surface area contributed by atoms with Crippen LogP contribution >= 0.6 is 11.8 Å². The first-order chi connectivity index (χ1) is 9.11. The van der Waals surface area contributed by atoms with E-state index in [0.717, 1.165) is 11.8 Å². The van der Waals surface area contributed by atoms with Crippen LogP contribution in [0.2, 0.25) is 0 Å². The van der Waals surface area contributed by atoms with Gasteiger partial charge in [-0.1, -0.05) is 0 Å². The van der Waals surface area contributed by atoms with Crippen molar-refractivity contribution in [1.82, 2.24) is 24.3 Å². The lowest BCUT2D eigenvalue weighted by atomic mass is 10.6. The van der Waals surface area contributed by atoms with Crippen molar-refractivity contribution in [2.75, 3.05) is 11.5 Å². The molecule has 0 amide bonds. The van der Waals surface area contributed by atoms with Gasteiger partial charge in [-0.25, -0.2) is 15.0 Å². The number of H-pyrrole nitrogens is 1. The number of hydrogen-bond donors (Lipinski definition) is 3. The van der Waals surface area contributed by atoms with Gasteiger partial charge in [0.05, 0.1) is 6.20 Å². The Morgan fingerprint density at radius 2 is 2.11 bits per heavy atom. The monoisotopic (exact) mass is 275 g/mol. The van der Waals surface area contributed by atoms with Crippen molar-refractivity contribution in [3.63, 3.8) is 0 Å². The zero-order valence-corrected chi connectivity index (χ0v) is 10.4. The molecule has 0 atom stereocenters. The van der Waals surface area contributed by atoms with Crippen molar-refractivity contribution in [2.45, 2.75) is 10.2 Å². The largest absolute Gasteiger partial charge is 0.383 e. The number of anilines is 2. The number of nitrogens with one attached hydrogen (secondary N) is 1. The average Bonchev–Trinajstić information content (AvgIpc) is 2.75. The molecule has 0 aliphatic heterocycles. The third-order valence-electron chi connectivity index (χ3n) is 2.30. The summed E-state index contributed by atoms with van der Waals surface area (Å²) in [7, 11) is 0. The van der Waals surface area contributed by atoms with E-state index in [1.165, 1.54) is 6.07 Å². The van der Waals surface area contributed by atoms with E-state index in [1.54, 1.807) is 23.0 Å². The molecule has 5 N–H and O–H groups in total. The second kappa shape index (κ2) is 4.28. The van der Waals surface area contributed by atoms with Gasteiger partial charge < -0.3 is 20.9 Å². The molecule has 0 aromatic carbocycles. The standard InChI is InChI=1S/C10H9N7OS/c11-5-3-7(18)16-10(15-5)19-9-8-13-1-2-17(8)4-6(12)14-9/h1-4H,12H2,(H3,11,15,16,18). The minimum atomic E-state index is -0.321. The highest BCUT2D eigenvalue weighted by atomic mass is 32.2. The summed E-state index contributed by atoms with van der Waals surface area (Å²) in [6.45, 7) is 0. The Morgan fingerprint density at radius 1 is 1.26 bits per heavy atom. The number of fused-ring (bicyclic) bond motifs is 1. The molecule has 0 bridgehead atoms. The molecule has 96 valence electrons. The molecule has 0 fully saturated rings. The van der Waals surface area contributed by atoms with Crippen molar-refractivity contribution in [1.29, 1.82) is 0 Å². The number of imidazole rings is 1. The second-order valence-electron chi connectivity index (χ2n) is 3.71. The number of hydrogen-bond acceptors (Lipinski definition) is 7. The van der Waals surface area contributed by atoms with Crippen LogP contribution in [0, 0.1) is 0 Å². The number of nitrogens with two attached hydrogens (primary N) is 2. The van der Waals surface area contributed by atoms with Crippen molar-refractivity contribution in [2.24, 2.45) is 0 Å². The maximum Gasteiger partial charge on any atom is 0.253 e. The Hall–Kier alpha value is -2.55. The van der Waals surface area contributed by atoms with Crippen LogP contribution in [0.5, 0.6) is 0 Å². The first kappa shape index (κ1) is 11.5. The quantitative estimate of drug-likeness (QED) is 0.567. The van der Waals surface area contributed by atoms with Gasteiger partial charge >= 0.3 is 0 Å². The molecule has 0 unspecified atom stereocenters. The van der Waals surface area contributed by atoms with Crippen LogP contribution in [0.25, 0.3) is 5.65 Å². The molecule has 0 aliphatic rings. The van der Waals surface area contributed by atoms with E-state index in [-0.39, 0.29) is 11.4 Å². The summed E-state index contributed by atoms with van der Waals surface area (Å²) in [5, 5.41) is 0.881. The Kier molecular flexibility index (Phi) is 2.60. The van der Waals surface area contributed by atoms with Crippen LogP contribution in [-0.4, -0.2) is 24.3 Å². The predicted octanol–water partition coefficient (Wildman–Crippen LogP) is 0.128. The van der Waals surface area contributed by atoms with Gasteiger partial charge in [0.2, 0.25) is 0 Å². The van der Waals surface area contributed by atoms with Gasteiger partial charge in [-0.2, -0.15) is 0 Å². The van der Waals surface area contributed by atoms with Crippen LogP contribution in [0.15, 0.2) is 39.6 Å². The number of rotatable bonds is 2. The molecule has 8 nitrogen and oxygen atoms in total. The van der Waals surface area contributed by atoms with E-state index >= 15 is 0 Å². The first-order valence-electron chi connectivity index (χ1n) is 5.26. The summed E-state index contributed by atoms with van der Waals surface area (Å²) in [5.74, 6) is 0.494. The maximum atomic E-state index is 11.3. The lowest BCUT2D eigenvalue weighted by Crippen LogP contribution is -2.09. The van der Waals surface area contributed by atoms with Crippen LogP contribution < -0.4 is 17.0 Å². The fourth-order valence-corrected chi connectivity index (χ4v) is 2.47. The van der Waals surface area contributed by atoms with Gasteiger partial charge in [0.15, 0.2) is 10.8 Å². The summed E-state index contributed by atoms with van der Waals surface area (Å²) in [6.07, 6.45) is 5.05. The number of aromatic amines is 1. The van der Waals surface area contributed by atoms with Gasteiger partial charge in [-0.15, -0.1) is 0 Å². The van der Waals surface area contributed by atoms with Gasteiger partial charge in [-0.3, -0.25) is 4.79 Å². The van der Waals surface area contributed by atoms with Gasteiger partial charge in [0, 0.05) is 18.5 Å². The molecule has 0 aliphatic carbocycles. The van der Waals surface area contributed by atoms with Crippen LogP contribution in [-0.2, 0) is 0 Å². The summed E-state index contributed by atoms with van der Waals surface area (Å²) >= 11 is 1.14. The molecule has 0 radical (unpaired) electrons. The Balaban J connectivity index is 2.09. The van der Waals surface area contributed by atoms with Crippen molar-refractivity contribution >= 4 is 29.0 Å². The average molecular weight is 275 g/mol.